The molecule has 3 atom stereocenters. The van der Waals surface area contributed by atoms with Gasteiger partial charge in [-0.1, -0.05) is 33.7 Å². The number of fused-ring (bicyclic) bond motifs is 2. The van der Waals surface area contributed by atoms with Crippen LogP contribution >= 0.6 is 27.3 Å². The summed E-state index contributed by atoms with van der Waals surface area (Å²) in [5.41, 5.74) is 0.382. The monoisotopic (exact) mass is 478 g/mol. The molecule has 0 spiro atoms. The van der Waals surface area contributed by atoms with E-state index in [1.165, 1.54) is 43.1 Å². The molecule has 154 valence electrons. The van der Waals surface area contributed by atoms with Gasteiger partial charge in [-0.05, 0) is 74.5 Å². The number of aromatic nitrogens is 2. The minimum absolute atomic E-state index is 0.104. The van der Waals surface area contributed by atoms with Gasteiger partial charge in [-0.3, -0.25) is 5.32 Å². The molecular formula is C21H24BrFN4OS. The largest absolute Gasteiger partial charge is 0.323 e. The van der Waals surface area contributed by atoms with Gasteiger partial charge < -0.3 is 4.90 Å². The first-order valence-corrected chi connectivity index (χ1v) is 12.0. The van der Waals surface area contributed by atoms with Gasteiger partial charge in [0.1, 0.15) is 5.82 Å². The molecule has 0 saturated heterocycles. The minimum Gasteiger partial charge on any atom is -0.321 e. The molecule has 5 nitrogen and oxygen atoms in total. The number of carbonyl (C=O) groups excluding carboxylic acids is 1. The van der Waals surface area contributed by atoms with Crippen molar-refractivity contribution in [3.05, 3.63) is 28.5 Å². The van der Waals surface area contributed by atoms with E-state index in [2.05, 4.69) is 31.4 Å². The predicted octanol–water partition coefficient (Wildman–Crippen LogP) is 5.93. The first-order valence-electron chi connectivity index (χ1n) is 10.4. The predicted molar refractivity (Wildman–Crippen MR) is 115 cm³/mol. The number of hydrogen-bond acceptors (Lipinski definition) is 4. The van der Waals surface area contributed by atoms with Crippen molar-refractivity contribution in [3.8, 4) is 10.6 Å². The lowest BCUT2D eigenvalue weighted by atomic mass is 9.86. The summed E-state index contributed by atoms with van der Waals surface area (Å²) in [4.78, 5) is 14.9. The standard InChI is InChI=1S/C21H24BrFN4OS/c22-15-3-6-18(23)17(11-15)19-25-26-20(29-19)24-21(28)27(16-4-5-16)8-7-14-10-12-1-2-13(14)9-12/h3,6,11-14,16H,1-2,4-5,7-10H2,(H,24,26,28). The van der Waals surface area contributed by atoms with Crippen LogP contribution in [0, 0.1) is 23.6 Å². The molecule has 5 rings (SSSR count). The molecule has 3 unspecified atom stereocenters. The van der Waals surface area contributed by atoms with Crippen molar-refractivity contribution in [2.45, 2.75) is 51.0 Å². The average molecular weight is 479 g/mol. The second-order valence-electron chi connectivity index (χ2n) is 8.61. The highest BCUT2D eigenvalue weighted by molar-refractivity contribution is 9.10. The van der Waals surface area contributed by atoms with Gasteiger partial charge in [-0.25, -0.2) is 9.18 Å². The van der Waals surface area contributed by atoms with Crippen LogP contribution in [0.2, 0.25) is 0 Å². The van der Waals surface area contributed by atoms with E-state index in [0.29, 0.717) is 21.7 Å². The second-order valence-corrected chi connectivity index (χ2v) is 10.5. The van der Waals surface area contributed by atoms with E-state index >= 15 is 0 Å². The minimum atomic E-state index is -0.354. The molecule has 0 radical (unpaired) electrons. The molecule has 1 heterocycles. The molecule has 3 saturated carbocycles. The Balaban J connectivity index is 1.23. The van der Waals surface area contributed by atoms with Gasteiger partial charge in [0.05, 0.1) is 0 Å². The molecule has 29 heavy (non-hydrogen) atoms. The van der Waals surface area contributed by atoms with E-state index in [1.54, 1.807) is 12.1 Å². The third-order valence-electron chi connectivity index (χ3n) is 6.67. The highest BCUT2D eigenvalue weighted by Gasteiger charge is 2.40. The molecule has 8 heteroatoms. The molecule has 3 aliphatic rings. The summed E-state index contributed by atoms with van der Waals surface area (Å²) in [5.74, 6) is 2.25. The van der Waals surface area contributed by atoms with Crippen molar-refractivity contribution in [2.75, 3.05) is 11.9 Å². The third kappa shape index (κ3) is 4.19. The number of benzene rings is 1. The van der Waals surface area contributed by atoms with Crippen molar-refractivity contribution >= 4 is 38.4 Å². The van der Waals surface area contributed by atoms with Gasteiger partial charge in [0, 0.05) is 22.6 Å². The van der Waals surface area contributed by atoms with Crippen LogP contribution in [0.3, 0.4) is 0 Å². The highest BCUT2D eigenvalue weighted by atomic mass is 79.9. The van der Waals surface area contributed by atoms with Gasteiger partial charge in [0.2, 0.25) is 5.13 Å². The SMILES string of the molecule is O=C(Nc1nnc(-c2cc(Br)ccc2F)s1)N(CCC1CC2CCC1C2)C1CC1. The maximum atomic E-state index is 14.1. The summed E-state index contributed by atoms with van der Waals surface area (Å²) >= 11 is 4.55. The Morgan fingerprint density at radius 2 is 2.10 bits per heavy atom. The molecule has 1 aromatic heterocycles. The van der Waals surface area contributed by atoms with Crippen LogP contribution < -0.4 is 5.32 Å². The molecule has 3 aliphatic carbocycles. The van der Waals surface area contributed by atoms with Crippen LogP contribution in [0.15, 0.2) is 22.7 Å². The average Bonchev–Trinajstić information content (AvgIpc) is 3.11. The van der Waals surface area contributed by atoms with Gasteiger partial charge in [0.15, 0.2) is 5.01 Å². The number of rotatable bonds is 6. The van der Waals surface area contributed by atoms with E-state index in [0.717, 1.165) is 48.0 Å². The van der Waals surface area contributed by atoms with E-state index in [4.69, 9.17) is 0 Å². The Labute approximate surface area is 182 Å². The molecular weight excluding hydrogens is 455 g/mol. The zero-order chi connectivity index (χ0) is 20.0. The van der Waals surface area contributed by atoms with E-state index in [-0.39, 0.29) is 11.8 Å². The number of carbonyl (C=O) groups is 1. The third-order valence-corrected chi connectivity index (χ3v) is 8.04. The normalized spacial score (nSPS) is 25.4. The Bertz CT molecular complexity index is 918. The van der Waals surface area contributed by atoms with Crippen LogP contribution in [0.5, 0.6) is 0 Å². The van der Waals surface area contributed by atoms with Crippen LogP contribution in [0.1, 0.15) is 44.9 Å². The highest BCUT2D eigenvalue weighted by Crippen LogP contribution is 2.49. The molecule has 1 N–H and O–H groups in total. The number of nitrogens with one attached hydrogen (secondary N) is 1. The van der Waals surface area contributed by atoms with Gasteiger partial charge in [-0.2, -0.15) is 0 Å². The van der Waals surface area contributed by atoms with Gasteiger partial charge >= 0.3 is 6.03 Å². The number of urea groups is 1. The Hall–Kier alpha value is -1.54. The maximum Gasteiger partial charge on any atom is 0.323 e. The zero-order valence-electron chi connectivity index (χ0n) is 16.1. The zero-order valence-corrected chi connectivity index (χ0v) is 18.5. The topological polar surface area (TPSA) is 58.1 Å². The van der Waals surface area contributed by atoms with Gasteiger partial charge in [-0.15, -0.1) is 10.2 Å². The Morgan fingerprint density at radius 1 is 1.24 bits per heavy atom. The number of hydrogen-bond donors (Lipinski definition) is 1. The molecule has 2 aromatic rings. The maximum absolute atomic E-state index is 14.1. The fourth-order valence-corrected chi connectivity index (χ4v) is 6.19. The fraction of sp³-hybridized carbons (Fsp3) is 0.571. The first-order chi connectivity index (χ1) is 14.1. The molecule has 2 amide bonds. The summed E-state index contributed by atoms with van der Waals surface area (Å²) in [6, 6.07) is 4.96. The quantitative estimate of drug-likeness (QED) is 0.559. The smallest absolute Gasteiger partial charge is 0.321 e. The molecule has 3 fully saturated rings. The molecule has 1 aromatic carbocycles. The van der Waals surface area contributed by atoms with Crippen molar-refractivity contribution in [1.29, 1.82) is 0 Å². The fourth-order valence-electron chi connectivity index (χ4n) is 5.08. The second kappa shape index (κ2) is 7.95. The van der Waals surface area contributed by atoms with Crippen molar-refractivity contribution in [3.63, 3.8) is 0 Å². The summed E-state index contributed by atoms with van der Waals surface area (Å²) < 4.78 is 14.9. The van der Waals surface area contributed by atoms with E-state index < -0.39 is 0 Å². The summed E-state index contributed by atoms with van der Waals surface area (Å²) in [7, 11) is 0. The first kappa shape index (κ1) is 19.4. The van der Waals surface area contributed by atoms with Crippen LogP contribution in [0.25, 0.3) is 10.6 Å². The Morgan fingerprint density at radius 3 is 2.83 bits per heavy atom. The van der Waals surface area contributed by atoms with Crippen molar-refractivity contribution in [1.82, 2.24) is 15.1 Å². The number of amides is 2. The molecule has 0 aliphatic heterocycles. The van der Waals surface area contributed by atoms with Crippen LogP contribution in [0.4, 0.5) is 14.3 Å². The summed E-state index contributed by atoms with van der Waals surface area (Å²) in [6.07, 6.45) is 8.80. The number of halogens is 2. The number of anilines is 1. The summed E-state index contributed by atoms with van der Waals surface area (Å²) in [5, 5.41) is 11.9. The van der Waals surface area contributed by atoms with Gasteiger partial charge in [0.25, 0.3) is 0 Å². The molecule has 2 bridgehead atoms. The Kier molecular flexibility index (Phi) is 5.32. The van der Waals surface area contributed by atoms with Crippen LogP contribution in [-0.2, 0) is 0 Å². The lowest BCUT2D eigenvalue weighted by Crippen LogP contribution is -2.38. The van der Waals surface area contributed by atoms with Crippen molar-refractivity contribution < 1.29 is 9.18 Å². The van der Waals surface area contributed by atoms with Crippen LogP contribution in [-0.4, -0.2) is 33.7 Å². The summed E-state index contributed by atoms with van der Waals surface area (Å²) in [6.45, 7) is 0.816. The lowest BCUT2D eigenvalue weighted by molar-refractivity contribution is 0.197. The number of nitrogens with zero attached hydrogens (tertiary/aromatic N) is 3. The van der Waals surface area contributed by atoms with E-state index in [1.807, 2.05) is 4.90 Å². The van der Waals surface area contributed by atoms with E-state index in [9.17, 15) is 9.18 Å². The lowest BCUT2D eigenvalue weighted by Gasteiger charge is -2.27. The van der Waals surface area contributed by atoms with Crippen molar-refractivity contribution in [2.24, 2.45) is 17.8 Å².